The van der Waals surface area contributed by atoms with E-state index < -0.39 is 6.04 Å². The summed E-state index contributed by atoms with van der Waals surface area (Å²) in [5.74, 6) is 1.20. The van der Waals surface area contributed by atoms with Crippen LogP contribution in [-0.2, 0) is 9.53 Å². The molecule has 0 aromatic heterocycles. The summed E-state index contributed by atoms with van der Waals surface area (Å²) in [4.78, 5) is 14.2. The van der Waals surface area contributed by atoms with E-state index in [9.17, 15) is 4.79 Å². The van der Waals surface area contributed by atoms with Crippen LogP contribution in [0.15, 0.2) is 0 Å². The van der Waals surface area contributed by atoms with Crippen LogP contribution in [-0.4, -0.2) is 43.2 Å². The normalized spacial score (nSPS) is 31.4. The molecule has 2 N–H and O–H groups in total. The quantitative estimate of drug-likeness (QED) is 0.807. The number of hydrogen-bond acceptors (Lipinski definition) is 3. The van der Waals surface area contributed by atoms with Crippen molar-refractivity contribution in [1.82, 2.24) is 4.90 Å². The lowest BCUT2D eigenvalue weighted by molar-refractivity contribution is -0.138. The average molecular weight is 242 g/mol. The second-order valence-corrected chi connectivity index (χ2v) is 5.44. The Kier molecular flexibility index (Phi) is 5.40. The van der Waals surface area contributed by atoms with E-state index in [-0.39, 0.29) is 5.91 Å². The highest BCUT2D eigenvalue weighted by molar-refractivity contribution is 5.82. The smallest absolute Gasteiger partial charge is 0.239 e. The molecule has 0 spiro atoms. The van der Waals surface area contributed by atoms with Gasteiger partial charge in [0.1, 0.15) is 0 Å². The molecule has 4 heteroatoms. The summed E-state index contributed by atoms with van der Waals surface area (Å²) in [6.07, 6.45) is 1.79. The van der Waals surface area contributed by atoms with Gasteiger partial charge in [0.25, 0.3) is 0 Å². The molecular formula is C13H26N2O2. The number of amides is 1. The van der Waals surface area contributed by atoms with Gasteiger partial charge in [0.15, 0.2) is 0 Å². The van der Waals surface area contributed by atoms with Crippen molar-refractivity contribution < 1.29 is 9.53 Å². The number of hydrogen-bond donors (Lipinski definition) is 1. The highest BCUT2D eigenvalue weighted by Crippen LogP contribution is 2.27. The van der Waals surface area contributed by atoms with Crippen LogP contribution >= 0.6 is 0 Å². The standard InChI is InChI=1S/C13H26N2O2/c1-9-7-10(2)11(3)15(8-9)13(16)12(14)5-6-17-4/h9-12H,5-8,14H2,1-4H3. The molecule has 4 atom stereocenters. The topological polar surface area (TPSA) is 55.6 Å². The van der Waals surface area contributed by atoms with E-state index in [0.717, 1.165) is 6.54 Å². The van der Waals surface area contributed by atoms with Gasteiger partial charge in [-0.15, -0.1) is 0 Å². The van der Waals surface area contributed by atoms with Gasteiger partial charge in [0.05, 0.1) is 6.04 Å². The number of carbonyl (C=O) groups excluding carboxylic acids is 1. The number of nitrogens with zero attached hydrogens (tertiary/aromatic N) is 1. The molecule has 0 aromatic rings. The van der Waals surface area contributed by atoms with E-state index in [0.29, 0.717) is 30.9 Å². The second-order valence-electron chi connectivity index (χ2n) is 5.44. The molecule has 1 rings (SSSR count). The lowest BCUT2D eigenvalue weighted by atomic mass is 9.85. The predicted octanol–water partition coefficient (Wildman–Crippen LogP) is 1.24. The zero-order valence-electron chi connectivity index (χ0n) is 11.5. The van der Waals surface area contributed by atoms with Crippen LogP contribution in [0.25, 0.3) is 0 Å². The number of carbonyl (C=O) groups is 1. The van der Waals surface area contributed by atoms with Crippen molar-refractivity contribution in [2.75, 3.05) is 20.3 Å². The van der Waals surface area contributed by atoms with E-state index >= 15 is 0 Å². The van der Waals surface area contributed by atoms with Crippen molar-refractivity contribution in [2.24, 2.45) is 17.6 Å². The molecule has 1 amide bonds. The van der Waals surface area contributed by atoms with Crippen molar-refractivity contribution >= 4 is 5.91 Å². The van der Waals surface area contributed by atoms with Gasteiger partial charge < -0.3 is 15.4 Å². The Morgan fingerprint density at radius 3 is 2.71 bits per heavy atom. The average Bonchev–Trinajstić information content (AvgIpc) is 2.29. The van der Waals surface area contributed by atoms with Crippen LogP contribution in [0.2, 0.25) is 0 Å². The number of likely N-dealkylation sites (tertiary alicyclic amines) is 1. The second kappa shape index (κ2) is 6.36. The maximum absolute atomic E-state index is 12.3. The molecule has 1 saturated heterocycles. The lowest BCUT2D eigenvalue weighted by Gasteiger charge is -2.42. The molecule has 17 heavy (non-hydrogen) atoms. The van der Waals surface area contributed by atoms with Crippen LogP contribution in [0.1, 0.15) is 33.6 Å². The first kappa shape index (κ1) is 14.5. The Balaban J connectivity index is 2.60. The van der Waals surface area contributed by atoms with Gasteiger partial charge in [-0.05, 0) is 31.6 Å². The van der Waals surface area contributed by atoms with Gasteiger partial charge in [0, 0.05) is 26.3 Å². The van der Waals surface area contributed by atoms with E-state index in [1.54, 1.807) is 7.11 Å². The fourth-order valence-corrected chi connectivity index (χ4v) is 2.59. The third kappa shape index (κ3) is 3.68. The minimum atomic E-state index is -0.421. The fraction of sp³-hybridized carbons (Fsp3) is 0.923. The minimum Gasteiger partial charge on any atom is -0.385 e. The Bertz CT molecular complexity index is 258. The van der Waals surface area contributed by atoms with Crippen LogP contribution in [0, 0.1) is 11.8 Å². The maximum Gasteiger partial charge on any atom is 0.239 e. The summed E-state index contributed by atoms with van der Waals surface area (Å²) < 4.78 is 4.97. The zero-order chi connectivity index (χ0) is 13.0. The number of ether oxygens (including phenoxy) is 1. The molecule has 0 radical (unpaired) electrons. The third-order valence-electron chi connectivity index (χ3n) is 3.83. The van der Waals surface area contributed by atoms with Gasteiger partial charge in [-0.1, -0.05) is 13.8 Å². The molecule has 100 valence electrons. The molecule has 1 fully saturated rings. The summed E-state index contributed by atoms with van der Waals surface area (Å²) in [5, 5.41) is 0. The van der Waals surface area contributed by atoms with Crippen molar-refractivity contribution in [3.63, 3.8) is 0 Å². The largest absolute Gasteiger partial charge is 0.385 e. The molecule has 0 bridgehead atoms. The lowest BCUT2D eigenvalue weighted by Crippen LogP contribution is -2.54. The summed E-state index contributed by atoms with van der Waals surface area (Å²) in [7, 11) is 1.63. The highest BCUT2D eigenvalue weighted by Gasteiger charge is 2.33. The molecule has 0 saturated carbocycles. The first-order valence-corrected chi connectivity index (χ1v) is 6.52. The van der Waals surface area contributed by atoms with E-state index in [4.69, 9.17) is 10.5 Å². The molecule has 1 aliphatic rings. The number of rotatable bonds is 4. The summed E-state index contributed by atoms with van der Waals surface area (Å²) in [5.41, 5.74) is 5.92. The van der Waals surface area contributed by atoms with Crippen molar-refractivity contribution in [1.29, 1.82) is 0 Å². The van der Waals surface area contributed by atoms with Crippen molar-refractivity contribution in [3.05, 3.63) is 0 Å². The molecule has 4 unspecified atom stereocenters. The zero-order valence-corrected chi connectivity index (χ0v) is 11.5. The number of piperidine rings is 1. The monoisotopic (exact) mass is 242 g/mol. The van der Waals surface area contributed by atoms with Gasteiger partial charge >= 0.3 is 0 Å². The molecule has 1 aliphatic heterocycles. The Morgan fingerprint density at radius 1 is 1.47 bits per heavy atom. The summed E-state index contributed by atoms with van der Waals surface area (Å²) in [6.45, 7) is 7.91. The van der Waals surface area contributed by atoms with Crippen molar-refractivity contribution in [2.45, 2.75) is 45.7 Å². The third-order valence-corrected chi connectivity index (χ3v) is 3.83. The Hall–Kier alpha value is -0.610. The summed E-state index contributed by atoms with van der Waals surface area (Å²) in [6, 6.07) is -0.123. The minimum absolute atomic E-state index is 0.0768. The highest BCUT2D eigenvalue weighted by atomic mass is 16.5. The number of nitrogens with two attached hydrogens (primary N) is 1. The van der Waals surface area contributed by atoms with Gasteiger partial charge in [0.2, 0.25) is 5.91 Å². The Labute approximate surface area is 104 Å². The first-order chi connectivity index (χ1) is 7.97. The SMILES string of the molecule is COCCC(N)C(=O)N1CC(C)CC(C)C1C. The van der Waals surface area contributed by atoms with Crippen LogP contribution < -0.4 is 5.73 Å². The van der Waals surface area contributed by atoms with E-state index in [2.05, 4.69) is 20.8 Å². The predicted molar refractivity (Wildman–Crippen MR) is 68.6 cm³/mol. The molecular weight excluding hydrogens is 216 g/mol. The van der Waals surface area contributed by atoms with Gasteiger partial charge in [-0.3, -0.25) is 4.79 Å². The van der Waals surface area contributed by atoms with Crippen LogP contribution in [0.5, 0.6) is 0 Å². The van der Waals surface area contributed by atoms with E-state index in [1.165, 1.54) is 6.42 Å². The molecule has 0 aromatic carbocycles. The molecule has 0 aliphatic carbocycles. The number of methoxy groups -OCH3 is 1. The van der Waals surface area contributed by atoms with Crippen LogP contribution in [0.3, 0.4) is 0 Å². The van der Waals surface area contributed by atoms with Gasteiger partial charge in [-0.25, -0.2) is 0 Å². The first-order valence-electron chi connectivity index (χ1n) is 6.52. The molecule has 4 nitrogen and oxygen atoms in total. The summed E-state index contributed by atoms with van der Waals surface area (Å²) >= 11 is 0. The van der Waals surface area contributed by atoms with Gasteiger partial charge in [-0.2, -0.15) is 0 Å². The van der Waals surface area contributed by atoms with Crippen molar-refractivity contribution in [3.8, 4) is 0 Å². The maximum atomic E-state index is 12.3. The Morgan fingerprint density at radius 2 is 2.12 bits per heavy atom. The fourth-order valence-electron chi connectivity index (χ4n) is 2.59. The van der Waals surface area contributed by atoms with E-state index in [1.807, 2.05) is 4.90 Å². The molecule has 1 heterocycles. The van der Waals surface area contributed by atoms with Crippen LogP contribution in [0.4, 0.5) is 0 Å².